The van der Waals surface area contributed by atoms with Crippen LogP contribution in [0.25, 0.3) is 0 Å². The molecule has 0 bridgehead atoms. The van der Waals surface area contributed by atoms with Crippen molar-refractivity contribution in [3.63, 3.8) is 0 Å². The number of hydrogen-bond acceptors (Lipinski definition) is 9. The molecule has 2 aromatic heterocycles. The van der Waals surface area contributed by atoms with Crippen LogP contribution in [0.4, 0.5) is 17.6 Å². The van der Waals surface area contributed by atoms with Gasteiger partial charge in [0, 0.05) is 57.1 Å². The van der Waals surface area contributed by atoms with Crippen LogP contribution in [0, 0.1) is 0 Å². The molecule has 0 aliphatic heterocycles. The van der Waals surface area contributed by atoms with Gasteiger partial charge in [0.15, 0.2) is 5.82 Å². The van der Waals surface area contributed by atoms with Crippen LogP contribution < -0.4 is 26.7 Å². The maximum Gasteiger partial charge on any atom is 0.288 e. The van der Waals surface area contributed by atoms with E-state index >= 15 is 0 Å². The van der Waals surface area contributed by atoms with Gasteiger partial charge in [0.25, 0.3) is 5.91 Å². The van der Waals surface area contributed by atoms with E-state index in [0.29, 0.717) is 11.9 Å². The zero-order chi connectivity index (χ0) is 23.5. The number of anilines is 3. The van der Waals surface area contributed by atoms with Crippen molar-refractivity contribution in [1.29, 1.82) is 0 Å². The quantitative estimate of drug-likeness (QED) is 0.205. The third-order valence-electron chi connectivity index (χ3n) is 6.31. The highest BCUT2D eigenvalue weighted by Gasteiger charge is 2.28. The molecule has 0 spiro atoms. The van der Waals surface area contributed by atoms with Crippen LogP contribution in [0.5, 0.6) is 0 Å². The number of amides is 1. The van der Waals surface area contributed by atoms with Gasteiger partial charge in [-0.2, -0.15) is 10.1 Å². The third-order valence-corrected chi connectivity index (χ3v) is 6.31. The number of H-pyrrole nitrogens is 1. The monoisotopic (exact) mass is 455 g/mol. The molecule has 4 rings (SSSR count). The van der Waals surface area contributed by atoms with E-state index in [4.69, 9.17) is 16.6 Å². The minimum atomic E-state index is -0.397. The number of aromatic amines is 1. The van der Waals surface area contributed by atoms with Gasteiger partial charge >= 0.3 is 0 Å². The normalized spacial score (nSPS) is 20.9. The van der Waals surface area contributed by atoms with Gasteiger partial charge in [0.05, 0.1) is 0 Å². The Morgan fingerprint density at radius 3 is 2.55 bits per heavy atom. The molecule has 0 radical (unpaired) electrons. The summed E-state index contributed by atoms with van der Waals surface area (Å²) in [7, 11) is 5.49. The number of carbonyl (C=O) groups excluding carboxylic acids is 1. The van der Waals surface area contributed by atoms with E-state index in [9.17, 15) is 4.79 Å². The Bertz CT molecular complexity index is 992. The number of aromatic nitrogens is 4. The highest BCUT2D eigenvalue weighted by Crippen LogP contribution is 2.40. The molecule has 0 atom stereocenters. The Hall–Kier alpha value is -3.41. The van der Waals surface area contributed by atoms with E-state index in [2.05, 4.69) is 36.6 Å². The predicted octanol–water partition coefficient (Wildman–Crippen LogP) is 0.786. The summed E-state index contributed by atoms with van der Waals surface area (Å²) in [6.07, 6.45) is 7.72. The number of nitrogens with zero attached hydrogens (tertiary/aromatic N) is 7. The van der Waals surface area contributed by atoms with E-state index in [-0.39, 0.29) is 17.9 Å². The number of rotatable bonds is 7. The number of hydrazine groups is 1. The van der Waals surface area contributed by atoms with Crippen LogP contribution >= 0.6 is 0 Å². The molecule has 12 heteroatoms. The summed E-state index contributed by atoms with van der Waals surface area (Å²) in [5.74, 6) is 7.81. The first kappa shape index (κ1) is 22.8. The first-order chi connectivity index (χ1) is 15.8. The van der Waals surface area contributed by atoms with E-state index in [0.717, 1.165) is 42.4 Å². The molecule has 12 nitrogen and oxygen atoms in total. The van der Waals surface area contributed by atoms with Crippen LogP contribution in [0.15, 0.2) is 23.4 Å². The number of hydrazone groups is 1. The number of carbonyl (C=O) groups is 1. The lowest BCUT2D eigenvalue weighted by Crippen LogP contribution is -2.47. The molecule has 2 fully saturated rings. The highest BCUT2D eigenvalue weighted by atomic mass is 16.2. The number of nitrogens with one attached hydrogen (secondary N) is 2. The molecule has 2 aliphatic rings. The maximum atomic E-state index is 12.2. The van der Waals surface area contributed by atoms with Gasteiger partial charge in [-0.15, -0.1) is 5.10 Å². The van der Waals surface area contributed by atoms with Crippen LogP contribution in [0.3, 0.4) is 0 Å². The van der Waals surface area contributed by atoms with Crippen molar-refractivity contribution in [2.45, 2.75) is 56.5 Å². The van der Waals surface area contributed by atoms with Gasteiger partial charge in [-0.3, -0.25) is 9.89 Å². The van der Waals surface area contributed by atoms with Gasteiger partial charge in [-0.05, 0) is 44.6 Å². The lowest BCUT2D eigenvalue weighted by molar-refractivity contribution is -0.115. The fourth-order valence-electron chi connectivity index (χ4n) is 4.16. The Balaban J connectivity index is 1.34. The molecule has 2 heterocycles. The van der Waals surface area contributed by atoms with Crippen LogP contribution in [-0.2, 0) is 4.79 Å². The molecule has 33 heavy (non-hydrogen) atoms. The average molecular weight is 456 g/mol. The van der Waals surface area contributed by atoms with Gasteiger partial charge in [-0.1, -0.05) is 0 Å². The number of hydrogen-bond donors (Lipinski definition) is 4. The van der Waals surface area contributed by atoms with E-state index in [1.807, 2.05) is 25.1 Å². The molecule has 2 aromatic rings. The fourth-order valence-corrected chi connectivity index (χ4v) is 4.16. The van der Waals surface area contributed by atoms with Crippen molar-refractivity contribution in [1.82, 2.24) is 30.6 Å². The Labute approximate surface area is 193 Å². The van der Waals surface area contributed by atoms with Gasteiger partial charge in [-0.25, -0.2) is 15.9 Å². The van der Waals surface area contributed by atoms with E-state index in [1.165, 1.54) is 25.6 Å². The lowest BCUT2D eigenvalue weighted by atomic mass is 9.90. The molecule has 6 N–H and O–H groups in total. The van der Waals surface area contributed by atoms with Crippen molar-refractivity contribution in [3.05, 3.63) is 24.0 Å². The number of amidine groups is 1. The van der Waals surface area contributed by atoms with Gasteiger partial charge < -0.3 is 20.9 Å². The van der Waals surface area contributed by atoms with E-state index < -0.39 is 5.91 Å². The smallest absolute Gasteiger partial charge is 0.288 e. The summed E-state index contributed by atoms with van der Waals surface area (Å²) in [6, 6.07) is 4.33. The predicted molar refractivity (Wildman–Crippen MR) is 127 cm³/mol. The topological polar surface area (TPSA) is 158 Å². The minimum absolute atomic E-state index is 0.0534. The second-order valence-corrected chi connectivity index (χ2v) is 8.88. The summed E-state index contributed by atoms with van der Waals surface area (Å²) in [5.41, 5.74) is 6.86. The molecule has 0 aromatic carbocycles. The third kappa shape index (κ3) is 5.51. The lowest BCUT2D eigenvalue weighted by Gasteiger charge is -2.35. The molecule has 2 aliphatic carbocycles. The Morgan fingerprint density at radius 2 is 1.88 bits per heavy atom. The maximum absolute atomic E-state index is 12.2. The van der Waals surface area contributed by atoms with Gasteiger partial charge in [0.1, 0.15) is 5.82 Å². The molecular formula is C21H33N11O. The second-order valence-electron chi connectivity index (χ2n) is 8.88. The zero-order valence-electron chi connectivity index (χ0n) is 19.4. The van der Waals surface area contributed by atoms with Crippen molar-refractivity contribution >= 4 is 29.3 Å². The first-order valence-corrected chi connectivity index (χ1v) is 11.3. The second kappa shape index (κ2) is 9.61. The van der Waals surface area contributed by atoms with Crippen molar-refractivity contribution in [3.8, 4) is 0 Å². The molecule has 178 valence electrons. The fraction of sp³-hybridized carbons (Fsp3) is 0.571. The van der Waals surface area contributed by atoms with Crippen molar-refractivity contribution in [2.75, 3.05) is 30.9 Å². The van der Waals surface area contributed by atoms with Crippen LogP contribution in [0.2, 0.25) is 0 Å². The first-order valence-electron chi connectivity index (χ1n) is 11.3. The zero-order valence-corrected chi connectivity index (χ0v) is 19.4. The highest BCUT2D eigenvalue weighted by molar-refractivity contribution is 6.37. The largest absolute Gasteiger partial charge is 0.378 e. The van der Waals surface area contributed by atoms with E-state index in [1.54, 1.807) is 6.20 Å². The molecule has 2 saturated carbocycles. The summed E-state index contributed by atoms with van der Waals surface area (Å²) < 4.78 is 0. The molecule has 0 unspecified atom stereocenters. The van der Waals surface area contributed by atoms with Crippen LogP contribution in [-0.4, -0.2) is 70.3 Å². The summed E-state index contributed by atoms with van der Waals surface area (Å²) in [4.78, 5) is 25.5. The molecular weight excluding hydrogens is 422 g/mol. The van der Waals surface area contributed by atoms with Crippen molar-refractivity contribution < 1.29 is 4.79 Å². The summed E-state index contributed by atoms with van der Waals surface area (Å²) in [5, 5.41) is 15.3. The average Bonchev–Trinajstić information content (AvgIpc) is 3.54. The minimum Gasteiger partial charge on any atom is -0.378 e. The summed E-state index contributed by atoms with van der Waals surface area (Å²) >= 11 is 0. The Morgan fingerprint density at radius 1 is 1.15 bits per heavy atom. The van der Waals surface area contributed by atoms with Gasteiger partial charge in [0.2, 0.25) is 11.8 Å². The molecule has 1 amide bonds. The Kier molecular flexibility index (Phi) is 6.63. The van der Waals surface area contributed by atoms with Crippen molar-refractivity contribution in [2.24, 2.45) is 16.7 Å². The van der Waals surface area contributed by atoms with Crippen LogP contribution in [0.1, 0.15) is 50.1 Å². The number of nitrogens with two attached hydrogens (primary N) is 2. The SMILES string of the molecule is CN(N)/N=C(\N)C(=O)NC1CCC(N(C)c2nccc(N(C)c3cc(C4CC4)[nH]n3)n2)CC1. The molecule has 0 saturated heterocycles. The standard InChI is InChI=1S/C21H33N11O/c1-30(15-8-6-14(7-9-15)25-20(33)19(22)29-32(3)23)21-24-11-10-17(26-21)31(2)18-12-16(27-28-18)13-4-5-13/h10-15H,4-9,23H2,1-3H3,(H2,22,29)(H,25,33)(H,27,28). The summed E-state index contributed by atoms with van der Waals surface area (Å²) in [6.45, 7) is 0.